The number of nitrogens with two attached hydrogens (primary N) is 1. The maximum atomic E-state index is 13.1. The van der Waals surface area contributed by atoms with Crippen molar-refractivity contribution in [3.8, 4) is 23.3 Å². The molecule has 16 atom stereocenters. The summed E-state index contributed by atoms with van der Waals surface area (Å²) in [7, 11) is 4.15. The summed E-state index contributed by atoms with van der Waals surface area (Å²) in [6, 6.07) is 2.67. The molecule has 10 N–H and O–H groups in total. The quantitative estimate of drug-likeness (QED) is 0.0452. The van der Waals surface area contributed by atoms with Crippen molar-refractivity contribution in [3.05, 3.63) is 47.6 Å². The summed E-state index contributed by atoms with van der Waals surface area (Å²) in [6.45, 7) is 3.03. The lowest BCUT2D eigenvalue weighted by Crippen LogP contribution is -2.73. The van der Waals surface area contributed by atoms with Crippen LogP contribution in [0.3, 0.4) is 0 Å². The van der Waals surface area contributed by atoms with Crippen molar-refractivity contribution in [2.24, 2.45) is 56.1 Å². The van der Waals surface area contributed by atoms with E-state index in [1.165, 1.54) is 83.6 Å². The van der Waals surface area contributed by atoms with E-state index in [0.29, 0.717) is 47.9 Å². The van der Waals surface area contributed by atoms with Gasteiger partial charge in [0.05, 0.1) is 29.2 Å². The van der Waals surface area contributed by atoms with Gasteiger partial charge in [-0.15, -0.1) is 0 Å². The molecule has 13 nitrogen and oxygen atoms in total. The Hall–Kier alpha value is -2.94. The van der Waals surface area contributed by atoms with Crippen LogP contribution in [0.4, 0.5) is 0 Å². The Kier molecular flexibility index (Phi) is 14.5. The second kappa shape index (κ2) is 20.6. The number of fused-ring (bicyclic) bond motifs is 11. The first-order valence-corrected chi connectivity index (χ1v) is 31.8. The molecule has 15 heteroatoms. The fourth-order valence-electron chi connectivity index (χ4n) is 19.0. The minimum atomic E-state index is -1.90. The number of allylic oxidation sites excluding steroid dienone is 2. The topological polar surface area (TPSA) is 211 Å². The first-order chi connectivity index (χ1) is 36.2. The van der Waals surface area contributed by atoms with Crippen molar-refractivity contribution >= 4 is 33.5 Å². The lowest BCUT2D eigenvalue weighted by molar-refractivity contribution is -0.152. The van der Waals surface area contributed by atoms with Crippen molar-refractivity contribution in [1.82, 2.24) is 16.0 Å². The van der Waals surface area contributed by atoms with Crippen molar-refractivity contribution in [1.29, 1.82) is 0 Å². The Morgan fingerprint density at radius 1 is 0.933 bits per heavy atom. The van der Waals surface area contributed by atoms with Crippen LogP contribution in [0.2, 0.25) is 0 Å². The second-order valence-corrected chi connectivity index (χ2v) is 28.5. The van der Waals surface area contributed by atoms with Gasteiger partial charge in [-0.3, -0.25) is 4.79 Å². The van der Waals surface area contributed by atoms with Gasteiger partial charge in [0.25, 0.3) is 0 Å². The van der Waals surface area contributed by atoms with Crippen LogP contribution < -0.4 is 26.4 Å². The Bertz CT molecular complexity index is 2460. The van der Waals surface area contributed by atoms with E-state index in [1.54, 1.807) is 6.07 Å². The number of piperidine rings is 2. The predicted octanol–water partition coefficient (Wildman–Crippen LogP) is 8.02. The van der Waals surface area contributed by atoms with E-state index in [9.17, 15) is 30.3 Å². The van der Waals surface area contributed by atoms with Crippen LogP contribution in [0.15, 0.2) is 41.4 Å². The van der Waals surface area contributed by atoms with Crippen molar-refractivity contribution < 1.29 is 39.8 Å². The number of nitrogens with one attached hydrogen (secondary N) is 3. The fourth-order valence-corrected chi connectivity index (χ4v) is 22.2. The highest BCUT2D eigenvalue weighted by atomic mass is 33.1. The minimum absolute atomic E-state index is 0.0101. The van der Waals surface area contributed by atoms with Crippen molar-refractivity contribution in [3.63, 3.8) is 0 Å². The number of ether oxygens (including phenoxy) is 2. The van der Waals surface area contributed by atoms with Gasteiger partial charge in [-0.2, -0.15) is 0 Å². The molecule has 6 fully saturated rings. The highest BCUT2D eigenvalue weighted by Gasteiger charge is 2.73. The standard InChI is InChI=1S/C60H85N5O8S2/c1-37(66)72-48-30-42(67)17-26-57-25-16-38-8-5-23-58(33-43(18-27-63-58)73-49-29-39(28-45(38)48)46(53(70)71)31-47(49)68)51-15-14-44(34-62-51)75-74-36-59(65-54(61)64-50(57)10-4-11-52(57)69)35-55-19-6-9-40(55)12-13-41(32-55)60(59)24-7-22-56(60)20-2-3-21-56/h4,10,12-13,29,31,38,40-45,48,50-53,62-63,67-71H,2-3,5-9,11,14-15,17-24,26-28,30,32-36H2,1H3,(H3,61,64,65). The third-order valence-corrected chi connectivity index (χ3v) is 25.2. The lowest BCUT2D eigenvalue weighted by atomic mass is 9.40. The molecule has 6 spiro atoms. The van der Waals surface area contributed by atoms with Gasteiger partial charge in [-0.1, -0.05) is 89.8 Å². The SMILES string of the molecule is CC(=O)OC1CC(O)CCC23C#CC4CCCC5(CC(CCN5)Oc5cc(c(C(O)O)cc5O)CC41)C1CCC(CN1)SSCC1(CC45CCCC4C=CC(C5)C14CCCC41CCCC1)NC(N)=NC2C=CCC3O. The third-order valence-electron chi connectivity index (χ3n) is 22.2. The number of hydrogen-bond acceptors (Lipinski definition) is 15. The molecule has 2 saturated heterocycles. The first kappa shape index (κ1) is 52.7. The molecule has 12 aliphatic rings. The van der Waals surface area contributed by atoms with E-state index >= 15 is 0 Å². The number of carbonyl (C=O) groups is 1. The number of esters is 1. The predicted molar refractivity (Wildman–Crippen MR) is 295 cm³/mol. The van der Waals surface area contributed by atoms with Crippen molar-refractivity contribution in [2.45, 2.75) is 220 Å². The van der Waals surface area contributed by atoms with Crippen molar-refractivity contribution in [2.75, 3.05) is 18.8 Å². The van der Waals surface area contributed by atoms with E-state index in [0.717, 1.165) is 63.8 Å². The number of phenols is 1. The number of carbonyl (C=O) groups excluding carboxylic acids is 1. The minimum Gasteiger partial charge on any atom is -0.504 e. The summed E-state index contributed by atoms with van der Waals surface area (Å²) in [5.41, 5.74) is 6.97. The zero-order valence-electron chi connectivity index (χ0n) is 44.3. The zero-order chi connectivity index (χ0) is 51.8. The van der Waals surface area contributed by atoms with Crippen LogP contribution in [0, 0.1) is 57.2 Å². The Morgan fingerprint density at radius 2 is 1.76 bits per heavy atom. The normalized spacial score (nSPS) is 44.2. The molecule has 10 bridgehead atoms. The molecule has 0 radical (unpaired) electrons. The molecular weight excluding hydrogens is 983 g/mol. The number of aliphatic imine (C=N–C) groups is 1. The second-order valence-electron chi connectivity index (χ2n) is 25.9. The summed E-state index contributed by atoms with van der Waals surface area (Å²) >= 11 is 0. The number of hydrogen-bond donors (Lipinski definition) is 9. The Labute approximate surface area is 453 Å². The number of aliphatic hydroxyl groups excluding tert-OH is 3. The molecule has 1 aromatic carbocycles. The highest BCUT2D eigenvalue weighted by molar-refractivity contribution is 8.77. The molecule has 5 aliphatic heterocycles. The van der Waals surface area contributed by atoms with Gasteiger partial charge in [-0.25, -0.2) is 4.99 Å². The van der Waals surface area contributed by atoms with Gasteiger partial charge in [-0.05, 0) is 156 Å². The van der Waals surface area contributed by atoms with Crippen LogP contribution in [0.5, 0.6) is 11.5 Å². The number of nitrogens with zero attached hydrogens (tertiary/aromatic N) is 1. The number of phenolic OH excluding ortho intramolecular Hbond substituents is 1. The van der Waals surface area contributed by atoms with Gasteiger partial charge >= 0.3 is 5.97 Å². The smallest absolute Gasteiger partial charge is 0.302 e. The number of guanidine groups is 1. The lowest BCUT2D eigenvalue weighted by Gasteiger charge is -2.68. The van der Waals surface area contributed by atoms with Gasteiger partial charge in [0.2, 0.25) is 0 Å². The number of rotatable bonds is 2. The fraction of sp³-hybridized carbons (Fsp3) is 0.767. The molecule has 5 heterocycles. The van der Waals surface area contributed by atoms with E-state index < -0.39 is 53.9 Å². The number of aliphatic hydroxyl groups is 4. The summed E-state index contributed by atoms with van der Waals surface area (Å²) in [5.74, 6) is 8.69. The summed E-state index contributed by atoms with van der Waals surface area (Å²) < 4.78 is 13.1. The highest BCUT2D eigenvalue weighted by Crippen LogP contribution is 2.76. The molecule has 75 heavy (non-hydrogen) atoms. The Balaban J connectivity index is 1.03. The summed E-state index contributed by atoms with van der Waals surface area (Å²) in [4.78, 5) is 18.7. The molecule has 0 amide bonds. The maximum Gasteiger partial charge on any atom is 0.302 e. The molecule has 4 saturated carbocycles. The molecular formula is C60H85N5O8S2. The molecule has 1 aromatic rings. The zero-order valence-corrected chi connectivity index (χ0v) is 45.9. The van der Waals surface area contributed by atoms with Crippen LogP contribution in [-0.4, -0.2) is 109 Å². The van der Waals surface area contributed by atoms with Crippen LogP contribution in [0.1, 0.15) is 172 Å². The molecule has 13 rings (SSSR count). The van der Waals surface area contributed by atoms with Crippen LogP contribution in [0.25, 0.3) is 0 Å². The maximum absolute atomic E-state index is 13.1. The van der Waals surface area contributed by atoms with Crippen LogP contribution in [-0.2, 0) is 16.0 Å². The summed E-state index contributed by atoms with van der Waals surface area (Å²) in [6.07, 6.45) is 26.8. The van der Waals surface area contributed by atoms with E-state index in [1.807, 2.05) is 6.08 Å². The van der Waals surface area contributed by atoms with E-state index in [-0.39, 0.29) is 75.8 Å². The summed E-state index contributed by atoms with van der Waals surface area (Å²) in [5, 5.41) is 71.1. The number of benzene rings is 1. The van der Waals surface area contributed by atoms with Gasteiger partial charge < -0.3 is 56.7 Å². The first-order valence-electron chi connectivity index (χ1n) is 29.4. The largest absolute Gasteiger partial charge is 0.504 e. The molecule has 0 aromatic heterocycles. The molecule has 7 aliphatic carbocycles. The van der Waals surface area contributed by atoms with Crippen LogP contribution >= 0.6 is 21.6 Å². The average molecular weight is 1070 g/mol. The molecule has 410 valence electrons. The number of aromatic hydroxyl groups is 1. The van der Waals surface area contributed by atoms with Gasteiger partial charge in [0, 0.05) is 71.7 Å². The monoisotopic (exact) mass is 1070 g/mol. The van der Waals surface area contributed by atoms with E-state index in [4.69, 9.17) is 20.2 Å². The van der Waals surface area contributed by atoms with Gasteiger partial charge in [0.15, 0.2) is 23.7 Å². The van der Waals surface area contributed by atoms with E-state index in [2.05, 4.69) is 67.6 Å². The molecule has 16 unspecified atom stereocenters. The third kappa shape index (κ3) is 9.19. The van der Waals surface area contributed by atoms with Gasteiger partial charge in [0.1, 0.15) is 12.2 Å². The Morgan fingerprint density at radius 3 is 2.57 bits per heavy atom. The average Bonchev–Trinajstić information content (AvgIpc) is 4.31.